The molecule has 0 fully saturated rings. The average Bonchev–Trinajstić information content (AvgIpc) is 2.80. The van der Waals surface area contributed by atoms with Gasteiger partial charge >= 0.3 is 0 Å². The highest BCUT2D eigenvalue weighted by Gasteiger charge is 2.09. The second-order valence-corrected chi connectivity index (χ2v) is 4.66. The third-order valence-corrected chi connectivity index (χ3v) is 2.98. The van der Waals surface area contributed by atoms with Crippen molar-refractivity contribution in [2.75, 3.05) is 20.6 Å². The Morgan fingerprint density at radius 1 is 1.42 bits per heavy atom. The average molecular weight is 259 g/mol. The van der Waals surface area contributed by atoms with Gasteiger partial charge in [0, 0.05) is 22.0 Å². The quantitative estimate of drug-likeness (QED) is 0.374. The predicted molar refractivity (Wildman–Crippen MR) is 74.9 cm³/mol. The van der Waals surface area contributed by atoms with Crippen LogP contribution in [0.3, 0.4) is 0 Å². The van der Waals surface area contributed by atoms with Gasteiger partial charge in [0.1, 0.15) is 11.0 Å². The van der Waals surface area contributed by atoms with E-state index in [0.29, 0.717) is 5.75 Å². The van der Waals surface area contributed by atoms with Crippen molar-refractivity contribution in [2.24, 2.45) is 5.28 Å². The number of hydrogen-bond donors (Lipinski definition) is 1. The summed E-state index contributed by atoms with van der Waals surface area (Å²) in [5, 5.41) is 4.17. The zero-order valence-corrected chi connectivity index (χ0v) is 11.1. The van der Waals surface area contributed by atoms with E-state index in [9.17, 15) is 0 Å². The summed E-state index contributed by atoms with van der Waals surface area (Å²) in [4.78, 5) is 13.1. The lowest BCUT2D eigenvalue weighted by atomic mass is 10.1. The summed E-state index contributed by atoms with van der Waals surface area (Å²) >= 11 is 0. The van der Waals surface area contributed by atoms with E-state index in [1.54, 1.807) is 6.07 Å². The third kappa shape index (κ3) is 3.19. The smallest absolute Gasteiger partial charge is 0.146 e. The van der Waals surface area contributed by atoms with Crippen LogP contribution in [-0.2, 0) is 6.42 Å². The van der Waals surface area contributed by atoms with Gasteiger partial charge in [-0.05, 0) is 56.7 Å². The van der Waals surface area contributed by atoms with Crippen LogP contribution in [0.25, 0.3) is 21.3 Å². The lowest BCUT2D eigenvalue weighted by Crippen LogP contribution is -2.13. The molecular weight excluding hydrogens is 242 g/mol. The molecule has 2 rings (SSSR count). The number of azide groups is 1. The van der Waals surface area contributed by atoms with Crippen molar-refractivity contribution in [3.8, 4) is 5.75 Å². The minimum absolute atomic E-state index is 0.594. The number of benzene rings is 1. The molecule has 100 valence electrons. The van der Waals surface area contributed by atoms with E-state index in [0.717, 1.165) is 30.3 Å². The molecule has 0 amide bonds. The van der Waals surface area contributed by atoms with E-state index in [2.05, 4.69) is 34.2 Å². The molecular formula is C13H17N5O. The molecule has 0 aliphatic rings. The second kappa shape index (κ2) is 6.13. The fourth-order valence-electron chi connectivity index (χ4n) is 2.14. The Morgan fingerprint density at radius 3 is 3.00 bits per heavy atom. The van der Waals surface area contributed by atoms with E-state index in [1.165, 1.54) is 5.56 Å². The number of fused-ring (bicyclic) bond motifs is 1. The summed E-state index contributed by atoms with van der Waals surface area (Å²) in [6, 6.07) is 5.65. The van der Waals surface area contributed by atoms with Crippen LogP contribution in [-0.4, -0.2) is 30.5 Å². The molecule has 0 radical (unpaired) electrons. The van der Waals surface area contributed by atoms with Gasteiger partial charge in [-0.3, -0.25) is 0 Å². The summed E-state index contributed by atoms with van der Waals surface area (Å²) < 4.78 is 0. The summed E-state index contributed by atoms with van der Waals surface area (Å²) in [6.45, 7) is 1.03. The molecule has 0 saturated carbocycles. The first-order valence-electron chi connectivity index (χ1n) is 6.17. The molecule has 0 bridgehead atoms. The second-order valence-electron chi connectivity index (χ2n) is 4.66. The number of rotatable bonds is 6. The first-order chi connectivity index (χ1) is 9.22. The molecule has 0 spiro atoms. The van der Waals surface area contributed by atoms with Gasteiger partial charge in [-0.1, -0.05) is 6.07 Å². The van der Waals surface area contributed by atoms with Crippen molar-refractivity contribution in [2.45, 2.75) is 12.8 Å². The maximum atomic E-state index is 8.34. The van der Waals surface area contributed by atoms with Crippen LogP contribution in [0, 0.1) is 0 Å². The van der Waals surface area contributed by atoms with E-state index in [1.807, 2.05) is 18.3 Å². The highest BCUT2D eigenvalue weighted by molar-refractivity contribution is 5.89. The number of aromatic amines is 1. The standard InChI is InChI=1S/C13H17N5O/c1-18(2)8-4-5-10-9-15-11-6-3-7-12(13(10)11)19-17-16-14/h3,6-7,9,15H,4-5,8H2,1-2H3. The molecule has 0 saturated heterocycles. The van der Waals surface area contributed by atoms with Gasteiger partial charge in [-0.15, -0.1) is 0 Å². The van der Waals surface area contributed by atoms with Crippen LogP contribution in [0.1, 0.15) is 12.0 Å². The number of nitrogens with one attached hydrogen (secondary N) is 1. The van der Waals surface area contributed by atoms with Crippen LogP contribution in [0.5, 0.6) is 5.75 Å². The van der Waals surface area contributed by atoms with Crippen LogP contribution in [0.4, 0.5) is 0 Å². The van der Waals surface area contributed by atoms with E-state index in [-0.39, 0.29) is 0 Å². The van der Waals surface area contributed by atoms with Crippen molar-refractivity contribution in [3.05, 3.63) is 40.4 Å². The fourth-order valence-corrected chi connectivity index (χ4v) is 2.14. The Balaban J connectivity index is 2.25. The Kier molecular flexibility index (Phi) is 4.28. The monoisotopic (exact) mass is 259 g/mol. The minimum Gasteiger partial charge on any atom is -0.393 e. The Bertz CT molecular complexity index is 598. The molecule has 2 aromatic rings. The zero-order chi connectivity index (χ0) is 13.7. The molecule has 0 unspecified atom stereocenters. The Hall–Kier alpha value is -2.17. The molecule has 1 heterocycles. The molecule has 6 nitrogen and oxygen atoms in total. The van der Waals surface area contributed by atoms with Crippen molar-refractivity contribution in [1.82, 2.24) is 9.88 Å². The van der Waals surface area contributed by atoms with Crippen LogP contribution < -0.4 is 4.84 Å². The van der Waals surface area contributed by atoms with E-state index in [4.69, 9.17) is 10.4 Å². The third-order valence-electron chi connectivity index (χ3n) is 2.98. The van der Waals surface area contributed by atoms with Gasteiger partial charge < -0.3 is 14.7 Å². The number of aromatic nitrogens is 1. The summed E-state index contributed by atoms with van der Waals surface area (Å²) in [6.07, 6.45) is 4.01. The molecule has 1 N–H and O–H groups in total. The Labute approximate surface area is 111 Å². The zero-order valence-electron chi connectivity index (χ0n) is 11.1. The SMILES string of the molecule is CN(C)CCCc1c[nH]c2cccc(ON=[N+]=[N-])c12. The van der Waals surface area contributed by atoms with Crippen molar-refractivity contribution >= 4 is 10.9 Å². The van der Waals surface area contributed by atoms with Crippen molar-refractivity contribution in [1.29, 1.82) is 0 Å². The highest BCUT2D eigenvalue weighted by Crippen LogP contribution is 2.29. The lowest BCUT2D eigenvalue weighted by molar-refractivity contribution is 0.337. The van der Waals surface area contributed by atoms with Gasteiger partial charge in [0.15, 0.2) is 0 Å². The molecule has 6 heteroatoms. The normalized spacial score (nSPS) is 10.7. The topological polar surface area (TPSA) is 77.0 Å². The largest absolute Gasteiger partial charge is 0.393 e. The van der Waals surface area contributed by atoms with E-state index < -0.39 is 0 Å². The molecule has 0 atom stereocenters. The first-order valence-corrected chi connectivity index (χ1v) is 6.17. The minimum atomic E-state index is 0.594. The van der Waals surface area contributed by atoms with Crippen LogP contribution >= 0.6 is 0 Å². The highest BCUT2D eigenvalue weighted by atomic mass is 16.6. The number of nitrogens with zero attached hydrogens (tertiary/aromatic N) is 4. The predicted octanol–water partition coefficient (Wildman–Crippen LogP) is 3.27. The van der Waals surface area contributed by atoms with Gasteiger partial charge in [-0.25, -0.2) is 0 Å². The lowest BCUT2D eigenvalue weighted by Gasteiger charge is -2.08. The van der Waals surface area contributed by atoms with Gasteiger partial charge in [0.2, 0.25) is 0 Å². The van der Waals surface area contributed by atoms with Crippen molar-refractivity contribution < 1.29 is 4.84 Å². The Morgan fingerprint density at radius 2 is 2.26 bits per heavy atom. The summed E-state index contributed by atoms with van der Waals surface area (Å²) in [7, 11) is 4.12. The molecule has 0 aliphatic heterocycles. The summed E-state index contributed by atoms with van der Waals surface area (Å²) in [5.41, 5.74) is 10.5. The molecule has 1 aromatic heterocycles. The van der Waals surface area contributed by atoms with Gasteiger partial charge in [0.05, 0.1) is 0 Å². The number of aryl methyl sites for hydroxylation is 1. The van der Waals surface area contributed by atoms with Gasteiger partial charge in [-0.2, -0.15) is 0 Å². The maximum Gasteiger partial charge on any atom is 0.146 e. The molecule has 1 aromatic carbocycles. The number of H-pyrrole nitrogens is 1. The van der Waals surface area contributed by atoms with Gasteiger partial charge in [0.25, 0.3) is 0 Å². The number of hydrogen-bond acceptors (Lipinski definition) is 3. The maximum absolute atomic E-state index is 8.34. The first kappa shape index (κ1) is 13.3. The van der Waals surface area contributed by atoms with E-state index >= 15 is 0 Å². The molecule has 19 heavy (non-hydrogen) atoms. The van der Waals surface area contributed by atoms with Crippen LogP contribution in [0.2, 0.25) is 0 Å². The van der Waals surface area contributed by atoms with Crippen molar-refractivity contribution in [3.63, 3.8) is 0 Å². The fraction of sp³-hybridized carbons (Fsp3) is 0.385. The molecule has 0 aliphatic carbocycles. The summed E-state index contributed by atoms with van der Waals surface area (Å²) in [5.74, 6) is 0.594. The van der Waals surface area contributed by atoms with Crippen LogP contribution in [0.15, 0.2) is 29.7 Å².